The number of aryl methyl sites for hydroxylation is 2. The normalized spacial score (nSPS) is 18.4. The molecule has 1 aromatic heterocycles. The molecule has 0 amide bonds. The number of aromatic nitrogens is 2. The summed E-state index contributed by atoms with van der Waals surface area (Å²) < 4.78 is 1.79. The second kappa shape index (κ2) is 5.88. The Kier molecular flexibility index (Phi) is 4.78. The maximum absolute atomic E-state index is 3.93. The van der Waals surface area contributed by atoms with E-state index in [2.05, 4.69) is 29.0 Å². The third-order valence-corrected chi connectivity index (χ3v) is 2.56. The number of hydrogen-bond donors (Lipinski definition) is 0. The molecule has 0 saturated carbocycles. The highest BCUT2D eigenvalue weighted by Crippen LogP contribution is 1.93. The largest absolute Gasteiger partial charge is 0.304 e. The molecule has 0 radical (unpaired) electrons. The van der Waals surface area contributed by atoms with Crippen LogP contribution in [0.3, 0.4) is 0 Å². The molecule has 0 aliphatic carbocycles. The zero-order valence-corrected chi connectivity index (χ0v) is 10.3. The molecule has 4 nitrogen and oxygen atoms in total. The molecule has 4 heteroatoms. The smallest absolute Gasteiger partial charge is 0.0518 e. The maximum atomic E-state index is 3.93. The molecule has 2 heterocycles. The Labute approximate surface area is 92.5 Å². The summed E-state index contributed by atoms with van der Waals surface area (Å²) >= 11 is 0. The summed E-state index contributed by atoms with van der Waals surface area (Å²) in [6, 6.07) is 0. The second-order valence-corrected chi connectivity index (χ2v) is 4.30. The highest BCUT2D eigenvalue weighted by atomic mass is 15.2. The standard InChI is InChI=1S/C6H14N2.C5H8N2/c1-7-3-5-8(2)6-4-7;1-5-3-6-7(2)4-5/h3-6H2,1-2H3;3-4H,1-2H3. The third kappa shape index (κ3) is 4.95. The van der Waals surface area contributed by atoms with Crippen molar-refractivity contribution in [3.8, 4) is 0 Å². The fraction of sp³-hybridized carbons (Fsp3) is 0.727. The van der Waals surface area contributed by atoms with Gasteiger partial charge in [0.25, 0.3) is 0 Å². The van der Waals surface area contributed by atoms with E-state index in [1.807, 2.05) is 26.4 Å². The van der Waals surface area contributed by atoms with Gasteiger partial charge in [0.1, 0.15) is 0 Å². The van der Waals surface area contributed by atoms with Crippen LogP contribution in [0.15, 0.2) is 12.4 Å². The lowest BCUT2D eigenvalue weighted by atomic mass is 10.4. The number of piperazine rings is 1. The molecular formula is C11H22N4. The van der Waals surface area contributed by atoms with Crippen LogP contribution in [0.4, 0.5) is 0 Å². The van der Waals surface area contributed by atoms with Gasteiger partial charge in [-0.2, -0.15) is 5.10 Å². The summed E-state index contributed by atoms with van der Waals surface area (Å²) in [4.78, 5) is 4.72. The van der Waals surface area contributed by atoms with Gasteiger partial charge in [0.15, 0.2) is 0 Å². The van der Waals surface area contributed by atoms with E-state index in [9.17, 15) is 0 Å². The van der Waals surface area contributed by atoms with Crippen LogP contribution in [0.5, 0.6) is 0 Å². The Morgan fingerprint density at radius 3 is 1.67 bits per heavy atom. The van der Waals surface area contributed by atoms with Crippen LogP contribution >= 0.6 is 0 Å². The predicted molar refractivity (Wildman–Crippen MR) is 62.9 cm³/mol. The van der Waals surface area contributed by atoms with Crippen LogP contribution in [-0.4, -0.2) is 59.9 Å². The van der Waals surface area contributed by atoms with Crippen molar-refractivity contribution in [1.29, 1.82) is 0 Å². The van der Waals surface area contributed by atoms with Gasteiger partial charge in [-0.3, -0.25) is 4.68 Å². The number of nitrogens with zero attached hydrogens (tertiary/aromatic N) is 4. The van der Waals surface area contributed by atoms with Gasteiger partial charge in [0.2, 0.25) is 0 Å². The molecule has 86 valence electrons. The molecule has 15 heavy (non-hydrogen) atoms. The molecule has 1 saturated heterocycles. The first-order valence-electron chi connectivity index (χ1n) is 5.40. The molecular weight excluding hydrogens is 188 g/mol. The van der Waals surface area contributed by atoms with Crippen LogP contribution in [0, 0.1) is 6.92 Å². The fourth-order valence-corrected chi connectivity index (χ4v) is 1.45. The Morgan fingerprint density at radius 2 is 1.47 bits per heavy atom. The molecule has 1 fully saturated rings. The monoisotopic (exact) mass is 210 g/mol. The van der Waals surface area contributed by atoms with E-state index in [1.54, 1.807) is 4.68 Å². The molecule has 0 aromatic carbocycles. The highest BCUT2D eigenvalue weighted by Gasteiger charge is 2.07. The Morgan fingerprint density at radius 1 is 1.00 bits per heavy atom. The lowest BCUT2D eigenvalue weighted by Gasteiger charge is -2.28. The van der Waals surface area contributed by atoms with Crippen LogP contribution in [0.25, 0.3) is 0 Å². The predicted octanol–water partition coefficient (Wildman–Crippen LogP) is 0.592. The molecule has 0 bridgehead atoms. The van der Waals surface area contributed by atoms with Gasteiger partial charge in [0.05, 0.1) is 6.20 Å². The molecule has 0 unspecified atom stereocenters. The van der Waals surface area contributed by atoms with Gasteiger partial charge in [-0.25, -0.2) is 0 Å². The first-order chi connectivity index (χ1) is 7.08. The Hall–Kier alpha value is -0.870. The molecule has 2 rings (SSSR count). The minimum absolute atomic E-state index is 1.21. The number of likely N-dealkylation sites (N-methyl/N-ethyl adjacent to an activating group) is 2. The van der Waals surface area contributed by atoms with E-state index in [0.29, 0.717) is 0 Å². The molecule has 1 aliphatic rings. The average Bonchev–Trinajstić information content (AvgIpc) is 2.56. The van der Waals surface area contributed by atoms with Gasteiger partial charge in [-0.1, -0.05) is 0 Å². The lowest BCUT2D eigenvalue weighted by molar-refractivity contribution is 0.181. The van der Waals surface area contributed by atoms with Gasteiger partial charge < -0.3 is 9.80 Å². The van der Waals surface area contributed by atoms with E-state index in [0.717, 1.165) is 0 Å². The van der Waals surface area contributed by atoms with Gasteiger partial charge in [0, 0.05) is 39.4 Å². The minimum atomic E-state index is 1.21. The van der Waals surface area contributed by atoms with Crippen molar-refractivity contribution in [1.82, 2.24) is 19.6 Å². The van der Waals surface area contributed by atoms with Gasteiger partial charge >= 0.3 is 0 Å². The van der Waals surface area contributed by atoms with Crippen molar-refractivity contribution in [3.05, 3.63) is 18.0 Å². The summed E-state index contributed by atoms with van der Waals surface area (Å²) in [5.74, 6) is 0. The zero-order chi connectivity index (χ0) is 11.3. The SMILES string of the molecule is CN1CCN(C)CC1.Cc1cnn(C)c1. The van der Waals surface area contributed by atoms with E-state index in [1.165, 1.54) is 31.7 Å². The first-order valence-corrected chi connectivity index (χ1v) is 5.40. The Balaban J connectivity index is 0.000000151. The first kappa shape index (κ1) is 12.2. The Bertz CT molecular complexity index is 247. The molecule has 1 aromatic rings. The van der Waals surface area contributed by atoms with Gasteiger partial charge in [-0.15, -0.1) is 0 Å². The summed E-state index contributed by atoms with van der Waals surface area (Å²) in [5.41, 5.74) is 1.21. The van der Waals surface area contributed by atoms with E-state index < -0.39 is 0 Å². The summed E-state index contributed by atoms with van der Waals surface area (Å²) in [5, 5.41) is 3.93. The van der Waals surface area contributed by atoms with Crippen molar-refractivity contribution in [2.24, 2.45) is 7.05 Å². The fourth-order valence-electron chi connectivity index (χ4n) is 1.45. The van der Waals surface area contributed by atoms with Crippen LogP contribution in [0.2, 0.25) is 0 Å². The van der Waals surface area contributed by atoms with Crippen molar-refractivity contribution in [2.45, 2.75) is 6.92 Å². The maximum Gasteiger partial charge on any atom is 0.0518 e. The summed E-state index contributed by atoms with van der Waals surface area (Å²) in [6.07, 6.45) is 3.81. The van der Waals surface area contributed by atoms with Crippen molar-refractivity contribution >= 4 is 0 Å². The topological polar surface area (TPSA) is 24.3 Å². The van der Waals surface area contributed by atoms with Crippen molar-refractivity contribution in [3.63, 3.8) is 0 Å². The summed E-state index contributed by atoms with van der Waals surface area (Å²) in [6.45, 7) is 6.95. The third-order valence-electron chi connectivity index (χ3n) is 2.56. The van der Waals surface area contributed by atoms with Crippen LogP contribution in [0.1, 0.15) is 5.56 Å². The van der Waals surface area contributed by atoms with Crippen molar-refractivity contribution in [2.75, 3.05) is 40.3 Å². The van der Waals surface area contributed by atoms with Crippen molar-refractivity contribution < 1.29 is 0 Å². The zero-order valence-electron chi connectivity index (χ0n) is 10.3. The number of hydrogen-bond acceptors (Lipinski definition) is 3. The molecule has 0 atom stereocenters. The number of rotatable bonds is 0. The average molecular weight is 210 g/mol. The van der Waals surface area contributed by atoms with Gasteiger partial charge in [-0.05, 0) is 26.6 Å². The quantitative estimate of drug-likeness (QED) is 0.626. The van der Waals surface area contributed by atoms with E-state index in [-0.39, 0.29) is 0 Å². The second-order valence-electron chi connectivity index (χ2n) is 4.30. The van der Waals surface area contributed by atoms with Crippen LogP contribution < -0.4 is 0 Å². The highest BCUT2D eigenvalue weighted by molar-refractivity contribution is 4.98. The molecule has 0 N–H and O–H groups in total. The summed E-state index contributed by atoms with van der Waals surface area (Å²) in [7, 11) is 6.26. The molecule has 0 spiro atoms. The van der Waals surface area contributed by atoms with E-state index in [4.69, 9.17) is 0 Å². The minimum Gasteiger partial charge on any atom is -0.304 e. The lowest BCUT2D eigenvalue weighted by Crippen LogP contribution is -2.42. The van der Waals surface area contributed by atoms with Crippen LogP contribution in [-0.2, 0) is 7.05 Å². The van der Waals surface area contributed by atoms with E-state index >= 15 is 0 Å². The molecule has 1 aliphatic heterocycles.